The summed E-state index contributed by atoms with van der Waals surface area (Å²) in [6, 6.07) is 0. The highest BCUT2D eigenvalue weighted by atomic mass is 24.3. The molecule has 5 heteroatoms. The Morgan fingerprint density at radius 2 is 2.10 bits per heavy atom. The van der Waals surface area contributed by atoms with E-state index in [1.54, 1.807) is 0 Å². The van der Waals surface area contributed by atoms with Gasteiger partial charge in [0.25, 0.3) is 0 Å². The fraction of sp³-hybridized carbons (Fsp3) is 0.600. The third kappa shape index (κ3) is 5.99. The zero-order valence-electron chi connectivity index (χ0n) is 5.00. The summed E-state index contributed by atoms with van der Waals surface area (Å²) in [6.45, 7) is 1.15. The highest BCUT2D eigenvalue weighted by Crippen LogP contribution is 2.03. The minimum absolute atomic E-state index is 0. The molecule has 1 unspecified atom stereocenters. The first-order valence-electron chi connectivity index (χ1n) is 2.38. The maximum absolute atomic E-state index is 9.85. The molecule has 10 heavy (non-hydrogen) atoms. The molecule has 0 spiro atoms. The predicted molar refractivity (Wildman–Crippen MR) is 37.5 cm³/mol. The summed E-state index contributed by atoms with van der Waals surface area (Å²) < 4.78 is 0. The summed E-state index contributed by atoms with van der Waals surface area (Å²) in [7, 11) is 0. The van der Waals surface area contributed by atoms with Gasteiger partial charge in [0.1, 0.15) is 5.60 Å². The first kappa shape index (κ1) is 12.5. The van der Waals surface area contributed by atoms with Crippen molar-refractivity contribution in [2.45, 2.75) is 18.9 Å². The van der Waals surface area contributed by atoms with E-state index >= 15 is 0 Å². The fourth-order valence-corrected chi connectivity index (χ4v) is 0.348. The lowest BCUT2D eigenvalue weighted by atomic mass is 10.1. The second-order valence-electron chi connectivity index (χ2n) is 2.05. The number of carbonyl (C=O) groups excluding carboxylic acids is 1. The Morgan fingerprint density at radius 3 is 2.20 bits per heavy atom. The van der Waals surface area contributed by atoms with Gasteiger partial charge in [0, 0.05) is 0 Å². The summed E-state index contributed by atoms with van der Waals surface area (Å²) in [5.41, 5.74) is -1.72. The molecule has 0 heterocycles. The summed E-state index contributed by atoms with van der Waals surface area (Å²) in [6.07, 6.45) is -0.336. The van der Waals surface area contributed by atoms with Crippen LogP contribution in [0.1, 0.15) is 13.3 Å². The number of aldehydes is 1. The van der Waals surface area contributed by atoms with E-state index in [1.807, 2.05) is 0 Å². The largest absolute Gasteiger partial charge is 0.481 e. The van der Waals surface area contributed by atoms with Crippen molar-refractivity contribution in [1.82, 2.24) is 0 Å². The third-order valence-electron chi connectivity index (χ3n) is 0.763. The Labute approximate surface area is 74.4 Å². The fourth-order valence-electron chi connectivity index (χ4n) is 0.348. The summed E-state index contributed by atoms with van der Waals surface area (Å²) in [5, 5.41) is 16.8. The predicted octanol–water partition coefficient (Wildman–Crippen LogP) is -1.51. The molecule has 0 aliphatic rings. The number of hydrogen-bond acceptors (Lipinski definition) is 3. The monoisotopic (exact) mass is 158 g/mol. The van der Waals surface area contributed by atoms with Crippen LogP contribution in [0.15, 0.2) is 0 Å². The van der Waals surface area contributed by atoms with Crippen LogP contribution in [0.3, 0.4) is 0 Å². The molecule has 2 N–H and O–H groups in total. The molecule has 0 aromatic rings. The molecule has 0 saturated heterocycles. The van der Waals surface area contributed by atoms with Gasteiger partial charge >= 0.3 is 29.0 Å². The molecule has 56 valence electrons. The van der Waals surface area contributed by atoms with E-state index < -0.39 is 18.0 Å². The lowest BCUT2D eigenvalue weighted by molar-refractivity contribution is -0.145. The maximum Gasteiger partial charge on any atom is 0.316 e. The van der Waals surface area contributed by atoms with Gasteiger partial charge in [0.15, 0.2) is 6.29 Å². The lowest BCUT2D eigenvalue weighted by Gasteiger charge is -2.10. The minimum Gasteiger partial charge on any atom is -0.481 e. The molecular weight excluding hydrogens is 148 g/mol. The van der Waals surface area contributed by atoms with Gasteiger partial charge in [-0.1, -0.05) is 0 Å². The number of rotatable bonds is 3. The van der Waals surface area contributed by atoms with Crippen molar-refractivity contribution < 1.29 is 19.8 Å². The van der Waals surface area contributed by atoms with Gasteiger partial charge in [-0.15, -0.1) is 0 Å². The van der Waals surface area contributed by atoms with Gasteiger partial charge in [0.2, 0.25) is 0 Å². The second-order valence-corrected chi connectivity index (χ2v) is 2.05. The van der Waals surface area contributed by atoms with Crippen LogP contribution in [0.4, 0.5) is 0 Å². The molecule has 0 aromatic carbocycles. The highest BCUT2D eigenvalue weighted by Gasteiger charge is 2.22. The lowest BCUT2D eigenvalue weighted by Crippen LogP contribution is -2.29. The summed E-state index contributed by atoms with van der Waals surface area (Å²) in [5.74, 6) is -1.19. The van der Waals surface area contributed by atoms with Crippen molar-refractivity contribution >= 4 is 35.3 Å². The van der Waals surface area contributed by atoms with E-state index in [2.05, 4.69) is 0 Å². The highest BCUT2D eigenvalue weighted by molar-refractivity contribution is 5.76. The van der Waals surface area contributed by atoms with E-state index in [1.165, 1.54) is 0 Å². The summed E-state index contributed by atoms with van der Waals surface area (Å²) >= 11 is 0. The molecule has 0 aliphatic carbocycles. The van der Waals surface area contributed by atoms with Crippen LogP contribution in [0, 0.1) is 0 Å². The van der Waals surface area contributed by atoms with E-state index in [0.717, 1.165) is 6.92 Å². The van der Waals surface area contributed by atoms with Crippen LogP contribution in [0.5, 0.6) is 0 Å². The zero-order valence-corrected chi connectivity index (χ0v) is 5.00. The van der Waals surface area contributed by atoms with Crippen molar-refractivity contribution in [2.24, 2.45) is 0 Å². The SMILES string of the molecule is CC(O)(C=O)CC(=O)O.[MgH2]. The smallest absolute Gasteiger partial charge is 0.316 e. The Balaban J connectivity index is 0. The van der Waals surface area contributed by atoms with Crippen LogP contribution >= 0.6 is 0 Å². The van der Waals surface area contributed by atoms with Crippen LogP contribution in [0.25, 0.3) is 0 Å². The first-order chi connectivity index (χ1) is 3.98. The maximum atomic E-state index is 9.85. The second kappa shape index (κ2) is 4.65. The normalized spacial score (nSPS) is 14.6. The number of aliphatic carboxylic acids is 1. The van der Waals surface area contributed by atoms with Crippen molar-refractivity contribution in [2.75, 3.05) is 0 Å². The average Bonchev–Trinajstić information content (AvgIpc) is 1.63. The number of hydrogen-bond donors (Lipinski definition) is 2. The molecule has 0 bridgehead atoms. The molecule has 0 radical (unpaired) electrons. The van der Waals surface area contributed by atoms with Gasteiger partial charge < -0.3 is 15.0 Å². The summed E-state index contributed by atoms with van der Waals surface area (Å²) in [4.78, 5) is 19.7. The van der Waals surface area contributed by atoms with Gasteiger partial charge in [-0.05, 0) is 6.92 Å². The van der Waals surface area contributed by atoms with Crippen LogP contribution in [-0.2, 0) is 9.59 Å². The number of aliphatic hydroxyl groups is 1. The Kier molecular flexibility index (Phi) is 5.82. The Hall–Kier alpha value is -0.134. The molecule has 1 atom stereocenters. The number of carboxylic acid groups (broad SMARTS) is 1. The van der Waals surface area contributed by atoms with E-state index in [0.29, 0.717) is 0 Å². The van der Waals surface area contributed by atoms with Crippen LogP contribution in [0.2, 0.25) is 0 Å². The molecule has 0 aliphatic heterocycles. The van der Waals surface area contributed by atoms with E-state index in [9.17, 15) is 9.59 Å². The van der Waals surface area contributed by atoms with E-state index in [-0.39, 0.29) is 29.3 Å². The topological polar surface area (TPSA) is 74.6 Å². The van der Waals surface area contributed by atoms with E-state index in [4.69, 9.17) is 10.2 Å². The average molecular weight is 158 g/mol. The van der Waals surface area contributed by atoms with Crippen LogP contribution in [-0.4, -0.2) is 51.1 Å². The van der Waals surface area contributed by atoms with Gasteiger partial charge in [-0.2, -0.15) is 0 Å². The van der Waals surface area contributed by atoms with Gasteiger partial charge in [-0.25, -0.2) is 0 Å². The minimum atomic E-state index is -1.72. The third-order valence-corrected chi connectivity index (χ3v) is 0.763. The quantitative estimate of drug-likeness (QED) is 0.387. The molecule has 0 aromatic heterocycles. The van der Waals surface area contributed by atoms with Gasteiger partial charge in [0.05, 0.1) is 6.42 Å². The van der Waals surface area contributed by atoms with Crippen molar-refractivity contribution in [3.8, 4) is 0 Å². The van der Waals surface area contributed by atoms with Crippen molar-refractivity contribution in [3.05, 3.63) is 0 Å². The van der Waals surface area contributed by atoms with Crippen LogP contribution < -0.4 is 0 Å². The van der Waals surface area contributed by atoms with Crippen molar-refractivity contribution in [3.63, 3.8) is 0 Å². The zero-order chi connectivity index (χ0) is 7.49. The molecule has 0 amide bonds. The Bertz CT molecular complexity index is 132. The molecule has 0 fully saturated rings. The van der Waals surface area contributed by atoms with Crippen molar-refractivity contribution in [1.29, 1.82) is 0 Å². The standard InChI is InChI=1S/C5H8O4.Mg.2H/c1-5(9,3-6)2-4(7)8;;;/h3,9H,2H2,1H3,(H,7,8);;;. The molecular formula is C5H10MgO4. The number of carboxylic acids is 1. The van der Waals surface area contributed by atoms with Gasteiger partial charge in [-0.3, -0.25) is 4.79 Å². The molecule has 0 saturated carbocycles. The molecule has 0 rings (SSSR count). The molecule has 4 nitrogen and oxygen atoms in total. The first-order valence-corrected chi connectivity index (χ1v) is 2.38. The Morgan fingerprint density at radius 1 is 1.70 bits per heavy atom. The number of carbonyl (C=O) groups is 2.